The number of rotatable bonds is 4. The van der Waals surface area contributed by atoms with Crippen molar-refractivity contribution in [3.63, 3.8) is 0 Å². The average molecular weight is 242 g/mol. The lowest BCUT2D eigenvalue weighted by molar-refractivity contribution is 0.0696. The largest absolute Gasteiger partial charge is 0.336 e. The standard InChI is InChI=1S/C15H18N2O/c1-11(2)17(10-13-3-4-13)15(18)14-7-5-12(9-16)6-8-14/h5-8,11,13H,3-4,10H2,1-2H3. The van der Waals surface area contributed by atoms with Crippen LogP contribution in [0.3, 0.4) is 0 Å². The van der Waals surface area contributed by atoms with Crippen LogP contribution in [-0.4, -0.2) is 23.4 Å². The number of carbonyl (C=O) groups is 1. The topological polar surface area (TPSA) is 44.1 Å². The van der Waals surface area contributed by atoms with E-state index < -0.39 is 0 Å². The summed E-state index contributed by atoms with van der Waals surface area (Å²) in [5.74, 6) is 0.760. The van der Waals surface area contributed by atoms with Crippen LogP contribution in [0.1, 0.15) is 42.6 Å². The fourth-order valence-corrected chi connectivity index (χ4v) is 1.96. The predicted molar refractivity (Wildman–Crippen MR) is 70.1 cm³/mol. The van der Waals surface area contributed by atoms with Crippen molar-refractivity contribution in [2.45, 2.75) is 32.7 Å². The molecule has 0 aliphatic heterocycles. The third-order valence-corrected chi connectivity index (χ3v) is 3.30. The maximum atomic E-state index is 12.4. The molecule has 0 radical (unpaired) electrons. The molecular formula is C15H18N2O. The van der Waals surface area contributed by atoms with Crippen LogP contribution >= 0.6 is 0 Å². The van der Waals surface area contributed by atoms with E-state index in [1.54, 1.807) is 24.3 Å². The first-order chi connectivity index (χ1) is 8.61. The monoisotopic (exact) mass is 242 g/mol. The minimum Gasteiger partial charge on any atom is -0.336 e. The molecule has 1 aliphatic carbocycles. The molecule has 1 aromatic carbocycles. The third-order valence-electron chi connectivity index (χ3n) is 3.30. The quantitative estimate of drug-likeness (QED) is 0.815. The highest BCUT2D eigenvalue weighted by atomic mass is 16.2. The van der Waals surface area contributed by atoms with Crippen LogP contribution < -0.4 is 0 Å². The molecule has 0 spiro atoms. The van der Waals surface area contributed by atoms with E-state index in [1.807, 2.05) is 18.7 Å². The van der Waals surface area contributed by atoms with Crippen LogP contribution in [-0.2, 0) is 0 Å². The van der Waals surface area contributed by atoms with Crippen LogP contribution in [0, 0.1) is 17.2 Å². The van der Waals surface area contributed by atoms with Crippen molar-refractivity contribution in [2.24, 2.45) is 5.92 Å². The summed E-state index contributed by atoms with van der Waals surface area (Å²) < 4.78 is 0. The van der Waals surface area contributed by atoms with Crippen LogP contribution in [0.2, 0.25) is 0 Å². The van der Waals surface area contributed by atoms with Gasteiger partial charge in [0.05, 0.1) is 11.6 Å². The molecule has 1 aromatic rings. The molecule has 2 rings (SSSR count). The molecular weight excluding hydrogens is 224 g/mol. The SMILES string of the molecule is CC(C)N(CC1CC1)C(=O)c1ccc(C#N)cc1. The normalized spacial score (nSPS) is 14.3. The minimum absolute atomic E-state index is 0.0707. The highest BCUT2D eigenvalue weighted by molar-refractivity contribution is 5.94. The van der Waals surface area contributed by atoms with Crippen molar-refractivity contribution in [2.75, 3.05) is 6.54 Å². The van der Waals surface area contributed by atoms with Crippen LogP contribution in [0.5, 0.6) is 0 Å². The molecule has 94 valence electrons. The van der Waals surface area contributed by atoms with Gasteiger partial charge in [0.1, 0.15) is 0 Å². The van der Waals surface area contributed by atoms with Gasteiger partial charge < -0.3 is 4.90 Å². The Kier molecular flexibility index (Phi) is 3.66. The Bertz CT molecular complexity index is 466. The van der Waals surface area contributed by atoms with Gasteiger partial charge in [0.25, 0.3) is 5.91 Å². The Morgan fingerprint density at radius 3 is 2.44 bits per heavy atom. The fourth-order valence-electron chi connectivity index (χ4n) is 1.96. The molecule has 0 atom stereocenters. The fraction of sp³-hybridized carbons (Fsp3) is 0.467. The van der Waals surface area contributed by atoms with E-state index in [0.717, 1.165) is 6.54 Å². The summed E-state index contributed by atoms with van der Waals surface area (Å²) in [5.41, 5.74) is 1.26. The van der Waals surface area contributed by atoms with Crippen LogP contribution in [0.4, 0.5) is 0 Å². The van der Waals surface area contributed by atoms with Crippen LogP contribution in [0.25, 0.3) is 0 Å². The predicted octanol–water partition coefficient (Wildman–Crippen LogP) is 2.82. The number of hydrogen-bond donors (Lipinski definition) is 0. The van der Waals surface area contributed by atoms with Gasteiger partial charge >= 0.3 is 0 Å². The number of amides is 1. The molecule has 18 heavy (non-hydrogen) atoms. The van der Waals surface area contributed by atoms with Crippen molar-refractivity contribution in [1.82, 2.24) is 4.90 Å². The zero-order chi connectivity index (χ0) is 13.1. The molecule has 1 aliphatic rings. The maximum absolute atomic E-state index is 12.4. The second kappa shape index (κ2) is 5.22. The first-order valence-corrected chi connectivity index (χ1v) is 6.43. The second-order valence-electron chi connectivity index (χ2n) is 5.18. The Labute approximate surface area is 108 Å². The molecule has 0 saturated heterocycles. The third kappa shape index (κ3) is 2.89. The van der Waals surface area contributed by atoms with Gasteiger partial charge in [-0.1, -0.05) is 0 Å². The lowest BCUT2D eigenvalue weighted by atomic mass is 10.1. The minimum atomic E-state index is 0.0707. The smallest absolute Gasteiger partial charge is 0.254 e. The summed E-state index contributed by atoms with van der Waals surface area (Å²) in [6, 6.07) is 9.15. The molecule has 1 saturated carbocycles. The van der Waals surface area contributed by atoms with Gasteiger partial charge in [0.2, 0.25) is 0 Å². The summed E-state index contributed by atoms with van der Waals surface area (Å²) in [7, 11) is 0. The Balaban J connectivity index is 2.13. The van der Waals surface area contributed by atoms with Gasteiger partial charge in [0, 0.05) is 18.2 Å². The number of carbonyl (C=O) groups excluding carboxylic acids is 1. The molecule has 0 aromatic heterocycles. The first kappa shape index (κ1) is 12.6. The van der Waals surface area contributed by atoms with E-state index in [1.165, 1.54) is 12.8 Å². The zero-order valence-electron chi connectivity index (χ0n) is 10.9. The van der Waals surface area contributed by atoms with E-state index in [0.29, 0.717) is 17.0 Å². The maximum Gasteiger partial charge on any atom is 0.254 e. The van der Waals surface area contributed by atoms with Gasteiger partial charge in [-0.05, 0) is 56.9 Å². The zero-order valence-corrected chi connectivity index (χ0v) is 10.9. The number of hydrogen-bond acceptors (Lipinski definition) is 2. The molecule has 1 fully saturated rings. The van der Waals surface area contributed by atoms with E-state index in [4.69, 9.17) is 5.26 Å². The van der Waals surface area contributed by atoms with Gasteiger partial charge in [-0.3, -0.25) is 4.79 Å². The van der Waals surface area contributed by atoms with Gasteiger partial charge in [-0.2, -0.15) is 5.26 Å². The number of nitrogens with zero attached hydrogens (tertiary/aromatic N) is 2. The summed E-state index contributed by atoms with van der Waals surface area (Å²) in [4.78, 5) is 14.3. The van der Waals surface area contributed by atoms with Crippen molar-refractivity contribution < 1.29 is 4.79 Å². The van der Waals surface area contributed by atoms with E-state index in [9.17, 15) is 4.79 Å². The lowest BCUT2D eigenvalue weighted by Crippen LogP contribution is -2.38. The highest BCUT2D eigenvalue weighted by Crippen LogP contribution is 2.30. The van der Waals surface area contributed by atoms with Crippen molar-refractivity contribution in [1.29, 1.82) is 5.26 Å². The summed E-state index contributed by atoms with van der Waals surface area (Å²) in [5, 5.41) is 8.75. The van der Waals surface area contributed by atoms with Crippen LogP contribution in [0.15, 0.2) is 24.3 Å². The number of nitriles is 1. The Morgan fingerprint density at radius 2 is 2.00 bits per heavy atom. The molecule has 0 bridgehead atoms. The van der Waals surface area contributed by atoms with E-state index in [2.05, 4.69) is 6.07 Å². The highest BCUT2D eigenvalue weighted by Gasteiger charge is 2.28. The summed E-state index contributed by atoms with van der Waals surface area (Å²) in [6.07, 6.45) is 2.48. The summed E-state index contributed by atoms with van der Waals surface area (Å²) >= 11 is 0. The average Bonchev–Trinajstić information content (AvgIpc) is 3.19. The molecule has 1 amide bonds. The van der Waals surface area contributed by atoms with Gasteiger partial charge in [-0.15, -0.1) is 0 Å². The van der Waals surface area contributed by atoms with Crippen molar-refractivity contribution in [3.05, 3.63) is 35.4 Å². The first-order valence-electron chi connectivity index (χ1n) is 6.43. The molecule has 0 unspecified atom stereocenters. The van der Waals surface area contributed by atoms with E-state index in [-0.39, 0.29) is 11.9 Å². The van der Waals surface area contributed by atoms with Crippen molar-refractivity contribution in [3.8, 4) is 6.07 Å². The van der Waals surface area contributed by atoms with E-state index >= 15 is 0 Å². The lowest BCUT2D eigenvalue weighted by Gasteiger charge is -2.27. The van der Waals surface area contributed by atoms with Gasteiger partial charge in [-0.25, -0.2) is 0 Å². The Hall–Kier alpha value is -1.82. The number of benzene rings is 1. The Morgan fingerprint density at radius 1 is 1.39 bits per heavy atom. The summed E-state index contributed by atoms with van der Waals surface area (Å²) in [6.45, 7) is 4.95. The van der Waals surface area contributed by atoms with Crippen molar-refractivity contribution >= 4 is 5.91 Å². The molecule has 3 nitrogen and oxygen atoms in total. The molecule has 3 heteroatoms. The second-order valence-corrected chi connectivity index (χ2v) is 5.18. The molecule has 0 heterocycles. The molecule has 0 N–H and O–H groups in total. The van der Waals surface area contributed by atoms with Gasteiger partial charge in [0.15, 0.2) is 0 Å².